The summed E-state index contributed by atoms with van der Waals surface area (Å²) in [4.78, 5) is 11.8. The molecule has 8 heteroatoms. The molecule has 2 aromatic carbocycles. The molecule has 2 aliphatic rings. The van der Waals surface area contributed by atoms with Crippen molar-refractivity contribution in [3.05, 3.63) is 101 Å². The fraction of sp³-hybridized carbons (Fsp3) is 0.389. The quantitative estimate of drug-likeness (QED) is 0.198. The number of piperidine rings is 1. The van der Waals surface area contributed by atoms with Gasteiger partial charge in [0.1, 0.15) is 0 Å². The number of aryl methyl sites for hydroxylation is 1. The molecular weight excluding hydrogens is 584 g/mol. The van der Waals surface area contributed by atoms with E-state index in [0.29, 0.717) is 5.11 Å². The summed E-state index contributed by atoms with van der Waals surface area (Å²) in [6, 6.07) is 23.5. The molecule has 0 aliphatic carbocycles. The molecule has 0 unspecified atom stereocenters. The van der Waals surface area contributed by atoms with Crippen molar-refractivity contribution in [3.8, 4) is 5.69 Å². The highest BCUT2D eigenvalue weighted by atomic mass is 35.5. The Bertz CT molecular complexity index is 1610. The van der Waals surface area contributed by atoms with Crippen molar-refractivity contribution in [2.75, 3.05) is 40.9 Å². The Morgan fingerprint density at radius 3 is 2.30 bits per heavy atom. The van der Waals surface area contributed by atoms with Crippen molar-refractivity contribution < 1.29 is 0 Å². The standard InChI is InChI=1S/C36H43ClN6S/c1-6-40(7-2)27-11-13-28(14-12-27)42-25(4)22-30(26(42)5)35-34(32-10-8-9-19-38-32)39-36(44)43(35)29-15-16-33(31(37)23-29)41-20-17-24(3)18-21-41/h8-16,19,22-24,34-35H,6-7,17-18,20-21H2,1-5H3,(H,39,44)/t34-,35-/m1/s1. The zero-order chi connectivity index (χ0) is 31.0. The lowest BCUT2D eigenvalue weighted by Gasteiger charge is -2.33. The summed E-state index contributed by atoms with van der Waals surface area (Å²) in [7, 11) is 0. The van der Waals surface area contributed by atoms with Gasteiger partial charge in [0.05, 0.1) is 28.5 Å². The van der Waals surface area contributed by atoms with Crippen LogP contribution in [0, 0.1) is 19.8 Å². The van der Waals surface area contributed by atoms with Crippen LogP contribution < -0.4 is 20.0 Å². The van der Waals surface area contributed by atoms with Gasteiger partial charge in [0.2, 0.25) is 0 Å². The maximum absolute atomic E-state index is 7.02. The van der Waals surface area contributed by atoms with Gasteiger partial charge in [-0.3, -0.25) is 4.98 Å². The highest BCUT2D eigenvalue weighted by Crippen LogP contribution is 2.45. The van der Waals surface area contributed by atoms with Gasteiger partial charge in [-0.15, -0.1) is 0 Å². The molecule has 44 heavy (non-hydrogen) atoms. The highest BCUT2D eigenvalue weighted by molar-refractivity contribution is 7.80. The summed E-state index contributed by atoms with van der Waals surface area (Å²) in [5.41, 5.74) is 9.02. The third-order valence-electron chi connectivity index (χ3n) is 9.46. The van der Waals surface area contributed by atoms with Crippen LogP contribution in [0.2, 0.25) is 5.02 Å². The molecule has 6 rings (SSSR count). The molecule has 2 atom stereocenters. The Balaban J connectivity index is 1.40. The van der Waals surface area contributed by atoms with Crippen LogP contribution in [-0.4, -0.2) is 40.8 Å². The summed E-state index contributed by atoms with van der Waals surface area (Å²) in [5, 5.41) is 5.06. The van der Waals surface area contributed by atoms with Gasteiger partial charge >= 0.3 is 0 Å². The van der Waals surface area contributed by atoms with E-state index >= 15 is 0 Å². The van der Waals surface area contributed by atoms with Crippen LogP contribution in [0.25, 0.3) is 5.69 Å². The Morgan fingerprint density at radius 2 is 1.66 bits per heavy atom. The average Bonchev–Trinajstić information content (AvgIpc) is 3.53. The molecule has 0 bridgehead atoms. The van der Waals surface area contributed by atoms with Crippen molar-refractivity contribution in [2.24, 2.45) is 5.92 Å². The molecule has 0 spiro atoms. The predicted molar refractivity (Wildman–Crippen MR) is 189 cm³/mol. The van der Waals surface area contributed by atoms with Crippen LogP contribution in [0.1, 0.15) is 68.3 Å². The van der Waals surface area contributed by atoms with Crippen LogP contribution in [0.3, 0.4) is 0 Å². The first kappa shape index (κ1) is 30.5. The van der Waals surface area contributed by atoms with Crippen LogP contribution in [0.5, 0.6) is 0 Å². The van der Waals surface area contributed by atoms with Crippen molar-refractivity contribution in [1.82, 2.24) is 14.9 Å². The van der Waals surface area contributed by atoms with Crippen LogP contribution >= 0.6 is 23.8 Å². The van der Waals surface area contributed by atoms with Gasteiger partial charge < -0.3 is 24.6 Å². The first-order valence-electron chi connectivity index (χ1n) is 15.9. The summed E-state index contributed by atoms with van der Waals surface area (Å²) in [5.74, 6) is 0.765. The molecule has 4 aromatic rings. The molecule has 1 N–H and O–H groups in total. The predicted octanol–water partition coefficient (Wildman–Crippen LogP) is 8.40. The number of aromatic nitrogens is 2. The molecule has 4 heterocycles. The third kappa shape index (κ3) is 5.68. The Morgan fingerprint density at radius 1 is 0.955 bits per heavy atom. The molecule has 0 saturated carbocycles. The largest absolute Gasteiger partial charge is 0.372 e. The second-order valence-corrected chi connectivity index (χ2v) is 12.9. The van der Waals surface area contributed by atoms with Crippen LogP contribution in [0.15, 0.2) is 72.9 Å². The zero-order valence-electron chi connectivity index (χ0n) is 26.4. The van der Waals surface area contributed by atoms with E-state index < -0.39 is 0 Å². The van der Waals surface area contributed by atoms with Crippen LogP contribution in [0.4, 0.5) is 17.1 Å². The van der Waals surface area contributed by atoms with Crippen molar-refractivity contribution in [2.45, 2.75) is 59.5 Å². The summed E-state index contributed by atoms with van der Waals surface area (Å²) >= 11 is 13.1. The first-order valence-corrected chi connectivity index (χ1v) is 16.7. The first-order chi connectivity index (χ1) is 21.3. The van der Waals surface area contributed by atoms with Crippen LogP contribution in [-0.2, 0) is 0 Å². The Hall–Kier alpha value is -3.55. The number of rotatable bonds is 8. The maximum Gasteiger partial charge on any atom is 0.174 e. The van der Waals surface area contributed by atoms with Gasteiger partial charge in [-0.05, 0) is 125 Å². The number of hydrogen-bond donors (Lipinski definition) is 1. The van der Waals surface area contributed by atoms with E-state index in [4.69, 9.17) is 28.8 Å². The van der Waals surface area contributed by atoms with Crippen molar-refractivity contribution in [3.63, 3.8) is 0 Å². The van der Waals surface area contributed by atoms with Gasteiger partial charge in [0.15, 0.2) is 5.11 Å². The number of pyridine rings is 1. The summed E-state index contributed by atoms with van der Waals surface area (Å²) < 4.78 is 2.35. The van der Waals surface area contributed by atoms with Crippen molar-refractivity contribution >= 4 is 46.0 Å². The Labute approximate surface area is 272 Å². The second-order valence-electron chi connectivity index (χ2n) is 12.2. The fourth-order valence-electron chi connectivity index (χ4n) is 6.99. The molecule has 2 saturated heterocycles. The molecule has 0 amide bonds. The van der Waals surface area contributed by atoms with Gasteiger partial charge in [-0.25, -0.2) is 0 Å². The molecule has 2 aliphatic heterocycles. The monoisotopic (exact) mass is 626 g/mol. The topological polar surface area (TPSA) is 39.6 Å². The SMILES string of the molecule is CCN(CC)c1ccc(-n2c(C)cc([C@@H]3[C@@H](c4ccccn4)NC(=S)N3c3ccc(N4CCC(C)CC4)c(Cl)c3)c2C)cc1. The zero-order valence-corrected chi connectivity index (χ0v) is 28.0. The number of hydrogen-bond acceptors (Lipinski definition) is 4. The molecular formula is C36H43ClN6S. The minimum Gasteiger partial charge on any atom is -0.372 e. The Kier molecular flexibility index (Phi) is 8.88. The number of nitrogens with zero attached hydrogens (tertiary/aromatic N) is 5. The van der Waals surface area contributed by atoms with E-state index in [-0.39, 0.29) is 12.1 Å². The lowest BCUT2D eigenvalue weighted by molar-refractivity contribution is 0.438. The normalized spacial score (nSPS) is 19.0. The maximum atomic E-state index is 7.02. The van der Waals surface area contributed by atoms with Gasteiger partial charge in [-0.1, -0.05) is 24.6 Å². The number of halogens is 1. The van der Waals surface area contributed by atoms with E-state index in [1.54, 1.807) is 0 Å². The van der Waals surface area contributed by atoms with Gasteiger partial charge in [0.25, 0.3) is 0 Å². The average molecular weight is 627 g/mol. The highest BCUT2D eigenvalue weighted by Gasteiger charge is 2.42. The molecule has 2 aromatic heterocycles. The fourth-order valence-corrected chi connectivity index (χ4v) is 7.63. The third-order valence-corrected chi connectivity index (χ3v) is 10.1. The molecule has 2 fully saturated rings. The smallest absolute Gasteiger partial charge is 0.174 e. The van der Waals surface area contributed by atoms with E-state index in [1.807, 2.05) is 18.3 Å². The van der Waals surface area contributed by atoms with Gasteiger partial charge in [0, 0.05) is 60.8 Å². The van der Waals surface area contributed by atoms with E-state index in [2.05, 4.69) is 114 Å². The number of thiocarbonyl (C=S) groups is 1. The molecule has 0 radical (unpaired) electrons. The van der Waals surface area contributed by atoms with Crippen molar-refractivity contribution in [1.29, 1.82) is 0 Å². The number of benzene rings is 2. The second kappa shape index (κ2) is 12.8. The molecule has 230 valence electrons. The molecule has 6 nitrogen and oxygen atoms in total. The van der Waals surface area contributed by atoms with E-state index in [0.717, 1.165) is 59.9 Å². The van der Waals surface area contributed by atoms with Gasteiger partial charge in [-0.2, -0.15) is 0 Å². The number of nitrogens with one attached hydrogen (secondary N) is 1. The van der Waals surface area contributed by atoms with E-state index in [9.17, 15) is 0 Å². The minimum atomic E-state index is -0.121. The minimum absolute atomic E-state index is 0.106. The lowest BCUT2D eigenvalue weighted by atomic mass is 9.96. The summed E-state index contributed by atoms with van der Waals surface area (Å²) in [6.07, 6.45) is 4.24. The number of anilines is 3. The van der Waals surface area contributed by atoms with E-state index in [1.165, 1.54) is 35.5 Å². The lowest BCUT2D eigenvalue weighted by Crippen LogP contribution is -2.33. The summed E-state index contributed by atoms with van der Waals surface area (Å²) in [6.45, 7) is 15.2.